The maximum absolute atomic E-state index is 13.9. The molecule has 0 saturated carbocycles. The lowest BCUT2D eigenvalue weighted by molar-refractivity contribution is -0.126. The number of para-hydroxylation sites is 1. The van der Waals surface area contributed by atoms with Gasteiger partial charge in [0.2, 0.25) is 5.91 Å². The van der Waals surface area contributed by atoms with Crippen LogP contribution >= 0.6 is 0 Å². The highest BCUT2D eigenvalue weighted by Gasteiger charge is 2.60. The standard InChI is InChI=1S/C28H22N2O4/c1-33-21-14-8-13-20(17-21)29-27(31)24-25(23-16-7-10-18-9-5-6-15-22(18)23)30(34-26(24)28(29)32)19-11-3-2-4-12-19/h2-17,24-26H,1H3/t24-,25-,26-/m1/s1. The van der Waals surface area contributed by atoms with Crippen molar-refractivity contribution < 1.29 is 19.2 Å². The third kappa shape index (κ3) is 3.07. The van der Waals surface area contributed by atoms with Gasteiger partial charge >= 0.3 is 0 Å². The fourth-order valence-corrected chi connectivity index (χ4v) is 5.04. The molecule has 4 aromatic carbocycles. The van der Waals surface area contributed by atoms with Gasteiger partial charge in [-0.25, -0.2) is 9.96 Å². The van der Waals surface area contributed by atoms with E-state index in [1.54, 1.807) is 36.4 Å². The molecule has 2 aliphatic heterocycles. The van der Waals surface area contributed by atoms with Crippen LogP contribution in [-0.4, -0.2) is 25.0 Å². The number of methoxy groups -OCH3 is 1. The smallest absolute Gasteiger partial charge is 0.266 e. The molecule has 168 valence electrons. The number of imide groups is 1. The van der Waals surface area contributed by atoms with Gasteiger partial charge in [0.25, 0.3) is 5.91 Å². The van der Waals surface area contributed by atoms with Gasteiger partial charge in [-0.15, -0.1) is 0 Å². The van der Waals surface area contributed by atoms with E-state index in [9.17, 15) is 9.59 Å². The van der Waals surface area contributed by atoms with E-state index in [-0.39, 0.29) is 11.8 Å². The lowest BCUT2D eigenvalue weighted by Crippen LogP contribution is -2.37. The SMILES string of the molecule is COc1cccc(N2C(=O)[C@@H]3[C@@H](c4cccc5ccccc45)N(c4ccccc4)O[C@H]3C2=O)c1. The number of amides is 2. The van der Waals surface area contributed by atoms with Crippen molar-refractivity contribution in [2.75, 3.05) is 17.1 Å². The Balaban J connectivity index is 1.50. The quantitative estimate of drug-likeness (QED) is 0.414. The molecular weight excluding hydrogens is 428 g/mol. The molecule has 2 heterocycles. The van der Waals surface area contributed by atoms with Crippen molar-refractivity contribution in [1.29, 1.82) is 0 Å². The molecule has 2 amide bonds. The zero-order chi connectivity index (χ0) is 23.2. The number of hydroxylamine groups is 1. The number of ether oxygens (including phenoxy) is 1. The van der Waals surface area contributed by atoms with Crippen LogP contribution in [0.15, 0.2) is 97.1 Å². The number of anilines is 2. The summed E-state index contributed by atoms with van der Waals surface area (Å²) in [6.07, 6.45) is -0.914. The lowest BCUT2D eigenvalue weighted by atomic mass is 9.87. The van der Waals surface area contributed by atoms with Crippen molar-refractivity contribution in [3.05, 3.63) is 103 Å². The van der Waals surface area contributed by atoms with Crippen LogP contribution in [0.25, 0.3) is 10.8 Å². The topological polar surface area (TPSA) is 59.1 Å². The zero-order valence-electron chi connectivity index (χ0n) is 18.5. The van der Waals surface area contributed by atoms with Gasteiger partial charge in [0.1, 0.15) is 11.7 Å². The van der Waals surface area contributed by atoms with Gasteiger partial charge in [0.15, 0.2) is 6.10 Å². The van der Waals surface area contributed by atoms with E-state index < -0.39 is 18.1 Å². The van der Waals surface area contributed by atoms with Crippen molar-refractivity contribution >= 4 is 34.0 Å². The number of nitrogens with zero attached hydrogens (tertiary/aromatic N) is 2. The van der Waals surface area contributed by atoms with Crippen molar-refractivity contribution in [2.24, 2.45) is 5.92 Å². The summed E-state index contributed by atoms with van der Waals surface area (Å²) in [5.74, 6) is -0.760. The molecular formula is C28H22N2O4. The van der Waals surface area contributed by atoms with E-state index in [4.69, 9.17) is 9.57 Å². The maximum atomic E-state index is 13.9. The molecule has 0 spiro atoms. The summed E-state index contributed by atoms with van der Waals surface area (Å²) < 4.78 is 5.30. The number of hydrogen-bond donors (Lipinski definition) is 0. The fraction of sp³-hybridized carbons (Fsp3) is 0.143. The number of hydrogen-bond acceptors (Lipinski definition) is 5. The molecule has 6 nitrogen and oxygen atoms in total. The fourth-order valence-electron chi connectivity index (χ4n) is 5.04. The van der Waals surface area contributed by atoms with Crippen LogP contribution in [0.5, 0.6) is 5.75 Å². The number of carbonyl (C=O) groups excluding carboxylic acids is 2. The molecule has 2 aliphatic rings. The Hall–Kier alpha value is -4.16. The van der Waals surface area contributed by atoms with Gasteiger partial charge in [-0.2, -0.15) is 0 Å². The van der Waals surface area contributed by atoms with E-state index >= 15 is 0 Å². The van der Waals surface area contributed by atoms with E-state index in [1.165, 1.54) is 4.90 Å². The largest absolute Gasteiger partial charge is 0.497 e. The Morgan fingerprint density at radius 1 is 0.765 bits per heavy atom. The summed E-state index contributed by atoms with van der Waals surface area (Å²) in [5.41, 5.74) is 2.22. The summed E-state index contributed by atoms with van der Waals surface area (Å²) in [7, 11) is 1.55. The minimum Gasteiger partial charge on any atom is -0.497 e. The molecule has 0 bridgehead atoms. The third-order valence-corrected chi connectivity index (χ3v) is 6.58. The Bertz CT molecular complexity index is 1400. The molecule has 34 heavy (non-hydrogen) atoms. The van der Waals surface area contributed by atoms with E-state index in [0.717, 1.165) is 22.0 Å². The first-order chi connectivity index (χ1) is 16.7. The van der Waals surface area contributed by atoms with E-state index in [2.05, 4.69) is 0 Å². The monoisotopic (exact) mass is 450 g/mol. The minimum absolute atomic E-state index is 0.278. The zero-order valence-corrected chi connectivity index (χ0v) is 18.5. The molecule has 0 radical (unpaired) electrons. The lowest BCUT2D eigenvalue weighted by Gasteiger charge is -2.29. The van der Waals surface area contributed by atoms with Crippen LogP contribution in [0.1, 0.15) is 11.6 Å². The highest BCUT2D eigenvalue weighted by molar-refractivity contribution is 6.24. The van der Waals surface area contributed by atoms with Gasteiger partial charge in [-0.05, 0) is 40.6 Å². The minimum atomic E-state index is -0.914. The summed E-state index contributed by atoms with van der Waals surface area (Å²) in [6.45, 7) is 0. The van der Waals surface area contributed by atoms with Crippen LogP contribution < -0.4 is 14.7 Å². The summed E-state index contributed by atoms with van der Waals surface area (Å²) in [4.78, 5) is 34.9. The predicted molar refractivity (Wildman–Crippen MR) is 129 cm³/mol. The van der Waals surface area contributed by atoms with Crippen LogP contribution in [0.3, 0.4) is 0 Å². The Kier molecular flexibility index (Phi) is 4.81. The molecule has 0 aromatic heterocycles. The number of fused-ring (bicyclic) bond motifs is 2. The Labute approximate surface area is 196 Å². The van der Waals surface area contributed by atoms with Gasteiger partial charge in [0.05, 0.1) is 24.5 Å². The first-order valence-corrected chi connectivity index (χ1v) is 11.2. The van der Waals surface area contributed by atoms with E-state index in [0.29, 0.717) is 11.4 Å². The Morgan fingerprint density at radius 3 is 2.29 bits per heavy atom. The molecule has 0 unspecified atom stereocenters. The number of benzene rings is 4. The van der Waals surface area contributed by atoms with Crippen molar-refractivity contribution in [3.8, 4) is 5.75 Å². The predicted octanol–water partition coefficient (Wildman–Crippen LogP) is 4.90. The summed E-state index contributed by atoms with van der Waals surface area (Å²) in [5, 5.41) is 3.83. The maximum Gasteiger partial charge on any atom is 0.266 e. The van der Waals surface area contributed by atoms with Crippen molar-refractivity contribution in [3.63, 3.8) is 0 Å². The van der Waals surface area contributed by atoms with Gasteiger partial charge in [-0.3, -0.25) is 14.4 Å². The second-order valence-corrected chi connectivity index (χ2v) is 8.44. The molecule has 6 heteroatoms. The third-order valence-electron chi connectivity index (χ3n) is 6.58. The number of rotatable bonds is 4. The van der Waals surface area contributed by atoms with Crippen LogP contribution in [0, 0.1) is 5.92 Å². The molecule has 6 rings (SSSR count). The second-order valence-electron chi connectivity index (χ2n) is 8.44. The molecule has 4 aromatic rings. The highest BCUT2D eigenvalue weighted by Crippen LogP contribution is 2.49. The van der Waals surface area contributed by atoms with Crippen molar-refractivity contribution in [1.82, 2.24) is 0 Å². The normalized spacial score (nSPS) is 21.9. The number of carbonyl (C=O) groups is 2. The van der Waals surface area contributed by atoms with Crippen LogP contribution in [0.4, 0.5) is 11.4 Å². The molecule has 2 saturated heterocycles. The molecule has 2 fully saturated rings. The average Bonchev–Trinajstić information content (AvgIpc) is 3.40. The Morgan fingerprint density at radius 2 is 1.47 bits per heavy atom. The van der Waals surface area contributed by atoms with Crippen molar-refractivity contribution in [2.45, 2.75) is 12.1 Å². The van der Waals surface area contributed by atoms with Gasteiger partial charge < -0.3 is 4.74 Å². The summed E-state index contributed by atoms with van der Waals surface area (Å²) >= 11 is 0. The summed E-state index contributed by atoms with van der Waals surface area (Å²) in [6, 6.07) is 30.2. The first kappa shape index (κ1) is 20.4. The van der Waals surface area contributed by atoms with Gasteiger partial charge in [0, 0.05) is 6.07 Å². The van der Waals surface area contributed by atoms with Gasteiger partial charge in [-0.1, -0.05) is 66.7 Å². The molecule has 3 atom stereocenters. The molecule has 0 N–H and O–H groups in total. The average molecular weight is 450 g/mol. The molecule has 0 aliphatic carbocycles. The van der Waals surface area contributed by atoms with Crippen LogP contribution in [-0.2, 0) is 14.4 Å². The highest BCUT2D eigenvalue weighted by atomic mass is 16.7. The van der Waals surface area contributed by atoms with Crippen LogP contribution in [0.2, 0.25) is 0 Å². The second kappa shape index (κ2) is 8.01. The first-order valence-electron chi connectivity index (χ1n) is 11.2. The van der Waals surface area contributed by atoms with E-state index in [1.807, 2.05) is 72.8 Å².